The van der Waals surface area contributed by atoms with Crippen LogP contribution in [0.15, 0.2) is 54.7 Å². The summed E-state index contributed by atoms with van der Waals surface area (Å²) in [6.07, 6.45) is 3.80. The quantitative estimate of drug-likeness (QED) is 0.388. The lowest BCUT2D eigenvalue weighted by molar-refractivity contribution is 0.254. The number of H-pyrrole nitrogens is 1. The number of likely N-dealkylation sites (tertiary alicyclic amines) is 1. The molecule has 2 aromatic heterocycles. The highest BCUT2D eigenvalue weighted by molar-refractivity contribution is 5.94. The summed E-state index contributed by atoms with van der Waals surface area (Å²) < 4.78 is 42.8. The van der Waals surface area contributed by atoms with E-state index in [2.05, 4.69) is 33.3 Å². The van der Waals surface area contributed by atoms with E-state index in [1.807, 2.05) is 0 Å². The summed E-state index contributed by atoms with van der Waals surface area (Å²) in [6, 6.07) is 12.3. The maximum absolute atomic E-state index is 14.9. The molecule has 0 atom stereocenters. The molecule has 0 aliphatic carbocycles. The zero-order valence-corrected chi connectivity index (χ0v) is 18.3. The van der Waals surface area contributed by atoms with Gasteiger partial charge in [0.2, 0.25) is 0 Å². The summed E-state index contributed by atoms with van der Waals surface area (Å²) in [5.41, 5.74) is 3.52. The molecule has 3 heterocycles. The predicted molar refractivity (Wildman–Crippen MR) is 125 cm³/mol. The Labute approximate surface area is 190 Å². The third-order valence-electron chi connectivity index (χ3n) is 6.50. The van der Waals surface area contributed by atoms with Crippen molar-refractivity contribution in [2.24, 2.45) is 0 Å². The maximum Gasteiger partial charge on any atom is 0.138 e. The number of pyridine rings is 1. The monoisotopic (exact) mass is 450 g/mol. The van der Waals surface area contributed by atoms with Crippen molar-refractivity contribution in [1.82, 2.24) is 14.9 Å². The van der Waals surface area contributed by atoms with Crippen LogP contribution in [0.25, 0.3) is 22.2 Å². The molecule has 2 aromatic carbocycles. The van der Waals surface area contributed by atoms with Crippen LogP contribution >= 0.6 is 0 Å². The van der Waals surface area contributed by atoms with Gasteiger partial charge in [-0.15, -0.1) is 0 Å². The van der Waals surface area contributed by atoms with Gasteiger partial charge in [0.15, 0.2) is 0 Å². The van der Waals surface area contributed by atoms with Crippen LogP contribution in [0.3, 0.4) is 0 Å². The zero-order valence-electron chi connectivity index (χ0n) is 18.3. The molecule has 4 nitrogen and oxygen atoms in total. The van der Waals surface area contributed by atoms with Crippen LogP contribution in [0.4, 0.5) is 18.9 Å². The molecule has 4 aromatic rings. The van der Waals surface area contributed by atoms with Gasteiger partial charge in [-0.2, -0.15) is 0 Å². The zero-order chi connectivity index (χ0) is 22.9. The normalized spacial score (nSPS) is 15.3. The van der Waals surface area contributed by atoms with Gasteiger partial charge in [-0.1, -0.05) is 6.07 Å². The molecule has 170 valence electrons. The van der Waals surface area contributed by atoms with Crippen LogP contribution < -0.4 is 5.32 Å². The molecule has 0 bridgehead atoms. The molecular weight excluding hydrogens is 425 g/mol. The van der Waals surface area contributed by atoms with Crippen LogP contribution in [0.1, 0.15) is 30.0 Å². The summed E-state index contributed by atoms with van der Waals surface area (Å²) in [5.74, 6) is -1.17. The highest BCUT2D eigenvalue weighted by Crippen LogP contribution is 2.35. The molecule has 0 amide bonds. The molecule has 0 saturated carbocycles. The Kier molecular flexibility index (Phi) is 5.81. The molecule has 5 rings (SSSR count). The van der Waals surface area contributed by atoms with E-state index >= 15 is 0 Å². The second-order valence-electron chi connectivity index (χ2n) is 8.67. The predicted octanol–water partition coefficient (Wildman–Crippen LogP) is 6.07. The number of aromatic amines is 1. The standard InChI is InChI=1S/C26H25F3N4/c1-33-11-8-16(9-12-33)25-14-20-18(7-10-30-26(20)32-25)19-13-17(5-6-24(19)29)31-15-21-22(27)3-2-4-23(21)28/h2-7,10,13-14,16,31H,8-9,11-12,15H2,1H3,(H,30,32). The van der Waals surface area contributed by atoms with Gasteiger partial charge in [-0.25, -0.2) is 18.2 Å². The van der Waals surface area contributed by atoms with E-state index in [1.54, 1.807) is 24.4 Å². The smallest absolute Gasteiger partial charge is 0.138 e. The second kappa shape index (κ2) is 8.90. The number of nitrogens with one attached hydrogen (secondary N) is 2. The van der Waals surface area contributed by atoms with Crippen molar-refractivity contribution in [3.63, 3.8) is 0 Å². The van der Waals surface area contributed by atoms with E-state index in [0.29, 0.717) is 17.2 Å². The second-order valence-corrected chi connectivity index (χ2v) is 8.67. The first-order valence-electron chi connectivity index (χ1n) is 11.1. The van der Waals surface area contributed by atoms with Crippen molar-refractivity contribution in [3.05, 3.63) is 83.4 Å². The van der Waals surface area contributed by atoms with E-state index in [-0.39, 0.29) is 17.9 Å². The van der Waals surface area contributed by atoms with E-state index in [0.717, 1.165) is 48.2 Å². The first kappa shape index (κ1) is 21.5. The van der Waals surface area contributed by atoms with Crippen molar-refractivity contribution < 1.29 is 13.2 Å². The molecule has 1 aliphatic heterocycles. The van der Waals surface area contributed by atoms with Crippen LogP contribution in [0, 0.1) is 17.5 Å². The lowest BCUT2D eigenvalue weighted by Gasteiger charge is -2.28. The Bertz CT molecular complexity index is 1270. The molecule has 7 heteroatoms. The number of nitrogens with zero attached hydrogens (tertiary/aromatic N) is 2. The minimum atomic E-state index is -0.616. The Morgan fingerprint density at radius 3 is 2.48 bits per heavy atom. The van der Waals surface area contributed by atoms with Crippen LogP contribution in [-0.2, 0) is 6.54 Å². The Hall–Kier alpha value is -3.32. The number of benzene rings is 2. The largest absolute Gasteiger partial charge is 0.381 e. The van der Waals surface area contributed by atoms with Gasteiger partial charge in [0, 0.05) is 46.6 Å². The first-order valence-corrected chi connectivity index (χ1v) is 11.1. The van der Waals surface area contributed by atoms with E-state index in [1.165, 1.54) is 24.3 Å². The average molecular weight is 451 g/mol. The third-order valence-corrected chi connectivity index (χ3v) is 6.50. The maximum atomic E-state index is 14.9. The fraction of sp³-hybridized carbons (Fsp3) is 0.269. The number of rotatable bonds is 5. The highest BCUT2D eigenvalue weighted by atomic mass is 19.1. The fourth-order valence-corrected chi connectivity index (χ4v) is 4.55. The number of aromatic nitrogens is 2. The lowest BCUT2D eigenvalue weighted by atomic mass is 9.93. The van der Waals surface area contributed by atoms with E-state index in [4.69, 9.17) is 0 Å². The van der Waals surface area contributed by atoms with Gasteiger partial charge < -0.3 is 15.2 Å². The van der Waals surface area contributed by atoms with Gasteiger partial charge in [-0.3, -0.25) is 0 Å². The SMILES string of the molecule is CN1CCC(c2cc3c(-c4cc(NCc5c(F)cccc5F)ccc4F)ccnc3[nH]2)CC1. The van der Waals surface area contributed by atoms with Gasteiger partial charge in [-0.05, 0) is 81.0 Å². The molecular formula is C26H25F3N4. The molecule has 0 spiro atoms. The first-order chi connectivity index (χ1) is 16.0. The van der Waals surface area contributed by atoms with Crippen molar-refractivity contribution >= 4 is 16.7 Å². The number of hydrogen-bond donors (Lipinski definition) is 2. The molecule has 1 fully saturated rings. The van der Waals surface area contributed by atoms with Gasteiger partial charge in [0.1, 0.15) is 23.1 Å². The van der Waals surface area contributed by atoms with Crippen LogP contribution in [0.5, 0.6) is 0 Å². The minimum Gasteiger partial charge on any atom is -0.381 e. The highest BCUT2D eigenvalue weighted by Gasteiger charge is 2.21. The summed E-state index contributed by atoms with van der Waals surface area (Å²) in [4.78, 5) is 10.2. The number of hydrogen-bond acceptors (Lipinski definition) is 3. The van der Waals surface area contributed by atoms with Crippen LogP contribution in [0.2, 0.25) is 0 Å². The van der Waals surface area contributed by atoms with E-state index < -0.39 is 11.6 Å². The average Bonchev–Trinajstić information content (AvgIpc) is 3.25. The number of anilines is 1. The topological polar surface area (TPSA) is 44.0 Å². The molecule has 0 radical (unpaired) electrons. The van der Waals surface area contributed by atoms with Gasteiger partial charge in [0.05, 0.1) is 0 Å². The lowest BCUT2D eigenvalue weighted by Crippen LogP contribution is -2.29. The molecule has 2 N–H and O–H groups in total. The number of piperidine rings is 1. The van der Waals surface area contributed by atoms with Crippen molar-refractivity contribution in [2.45, 2.75) is 25.3 Å². The minimum absolute atomic E-state index is 0.0419. The number of fused-ring (bicyclic) bond motifs is 1. The molecule has 1 saturated heterocycles. The van der Waals surface area contributed by atoms with Crippen molar-refractivity contribution in [2.75, 3.05) is 25.5 Å². The molecule has 33 heavy (non-hydrogen) atoms. The molecule has 0 unspecified atom stereocenters. The van der Waals surface area contributed by atoms with Crippen LogP contribution in [-0.4, -0.2) is 35.0 Å². The van der Waals surface area contributed by atoms with Gasteiger partial charge >= 0.3 is 0 Å². The summed E-state index contributed by atoms with van der Waals surface area (Å²) >= 11 is 0. The third kappa shape index (κ3) is 4.33. The Morgan fingerprint density at radius 1 is 0.970 bits per heavy atom. The summed E-state index contributed by atoms with van der Waals surface area (Å²) in [7, 11) is 2.13. The summed E-state index contributed by atoms with van der Waals surface area (Å²) in [6.45, 7) is 2.05. The Morgan fingerprint density at radius 2 is 1.73 bits per heavy atom. The van der Waals surface area contributed by atoms with E-state index in [9.17, 15) is 13.2 Å². The molecule has 1 aliphatic rings. The fourth-order valence-electron chi connectivity index (χ4n) is 4.55. The Balaban J connectivity index is 1.45. The van der Waals surface area contributed by atoms with Crippen molar-refractivity contribution in [3.8, 4) is 11.1 Å². The van der Waals surface area contributed by atoms with Crippen molar-refractivity contribution in [1.29, 1.82) is 0 Å². The van der Waals surface area contributed by atoms with Gasteiger partial charge in [0.25, 0.3) is 0 Å². The number of halogens is 3. The summed E-state index contributed by atoms with van der Waals surface area (Å²) in [5, 5.41) is 3.88.